The highest BCUT2D eigenvalue weighted by Crippen LogP contribution is 2.23. The summed E-state index contributed by atoms with van der Waals surface area (Å²) in [6, 6.07) is 5.25. The molecule has 0 bridgehead atoms. The summed E-state index contributed by atoms with van der Waals surface area (Å²) in [5.41, 5.74) is 0.874. The Hall–Kier alpha value is -1.13. The van der Waals surface area contributed by atoms with E-state index in [0.29, 0.717) is 32.4 Å². The fourth-order valence-corrected chi connectivity index (χ4v) is 1.72. The number of nitrogens with one attached hydrogen (secondary N) is 1. The first-order valence-corrected chi connectivity index (χ1v) is 6.52. The van der Waals surface area contributed by atoms with Gasteiger partial charge in [-0.15, -0.1) is 0 Å². The quantitative estimate of drug-likeness (QED) is 0.722. The maximum atomic E-state index is 13.2. The summed E-state index contributed by atoms with van der Waals surface area (Å²) in [6.45, 7) is 4.34. The third-order valence-corrected chi connectivity index (χ3v) is 2.87. The van der Waals surface area contributed by atoms with Crippen LogP contribution >= 0.6 is 0 Å². The minimum absolute atomic E-state index is 0.222. The van der Waals surface area contributed by atoms with Crippen LogP contribution in [0.25, 0.3) is 0 Å². The Morgan fingerprint density at radius 1 is 1.33 bits per heavy atom. The highest BCUT2D eigenvalue weighted by molar-refractivity contribution is 5.34. The molecule has 0 unspecified atom stereocenters. The molecule has 0 heterocycles. The van der Waals surface area contributed by atoms with Crippen LogP contribution in [0.3, 0.4) is 0 Å². The Balaban J connectivity index is 1.88. The van der Waals surface area contributed by atoms with Crippen molar-refractivity contribution in [2.45, 2.75) is 32.4 Å². The molecular formula is C14H20FNO2. The van der Waals surface area contributed by atoms with Gasteiger partial charge in [0, 0.05) is 24.8 Å². The molecule has 3 nitrogen and oxygen atoms in total. The average Bonchev–Trinajstić information content (AvgIpc) is 3.18. The zero-order chi connectivity index (χ0) is 12.8. The van der Waals surface area contributed by atoms with E-state index < -0.39 is 0 Å². The molecule has 0 amide bonds. The number of ether oxygens (including phenoxy) is 2. The highest BCUT2D eigenvalue weighted by Gasteiger charge is 2.20. The van der Waals surface area contributed by atoms with E-state index in [-0.39, 0.29) is 5.82 Å². The lowest BCUT2D eigenvalue weighted by Crippen LogP contribution is -2.17. The topological polar surface area (TPSA) is 30.5 Å². The first kappa shape index (κ1) is 13.3. The maximum absolute atomic E-state index is 13.2. The van der Waals surface area contributed by atoms with Gasteiger partial charge < -0.3 is 14.8 Å². The van der Waals surface area contributed by atoms with Crippen molar-refractivity contribution in [2.24, 2.45) is 0 Å². The minimum atomic E-state index is -0.222. The predicted octanol–water partition coefficient (Wildman–Crippen LogP) is 2.49. The van der Waals surface area contributed by atoms with Crippen LogP contribution in [0.1, 0.15) is 25.3 Å². The molecule has 18 heavy (non-hydrogen) atoms. The predicted molar refractivity (Wildman–Crippen MR) is 68.2 cm³/mol. The van der Waals surface area contributed by atoms with Gasteiger partial charge in [0.2, 0.25) is 0 Å². The molecule has 0 spiro atoms. The molecule has 0 saturated heterocycles. The molecule has 0 aliphatic heterocycles. The second-order valence-corrected chi connectivity index (χ2v) is 4.45. The maximum Gasteiger partial charge on any atom is 0.124 e. The van der Waals surface area contributed by atoms with Crippen LogP contribution < -0.4 is 10.1 Å². The fourth-order valence-electron chi connectivity index (χ4n) is 1.72. The van der Waals surface area contributed by atoms with Crippen molar-refractivity contribution in [3.63, 3.8) is 0 Å². The molecule has 0 aromatic heterocycles. The molecule has 1 N–H and O–H groups in total. The van der Waals surface area contributed by atoms with E-state index in [0.717, 1.165) is 11.3 Å². The molecular weight excluding hydrogens is 233 g/mol. The molecule has 100 valence electrons. The van der Waals surface area contributed by atoms with Crippen molar-refractivity contribution in [1.29, 1.82) is 0 Å². The summed E-state index contributed by atoms with van der Waals surface area (Å²) >= 11 is 0. The Labute approximate surface area is 107 Å². The molecule has 1 saturated carbocycles. The summed E-state index contributed by atoms with van der Waals surface area (Å²) in [7, 11) is 0. The zero-order valence-electron chi connectivity index (χ0n) is 10.7. The van der Waals surface area contributed by atoms with E-state index in [2.05, 4.69) is 5.32 Å². The van der Waals surface area contributed by atoms with E-state index in [1.165, 1.54) is 25.0 Å². The minimum Gasteiger partial charge on any atom is -0.491 e. The fraction of sp³-hybridized carbons (Fsp3) is 0.571. The lowest BCUT2D eigenvalue weighted by atomic mass is 10.2. The van der Waals surface area contributed by atoms with Gasteiger partial charge in [0.05, 0.1) is 6.61 Å². The Morgan fingerprint density at radius 3 is 2.89 bits per heavy atom. The van der Waals surface area contributed by atoms with Gasteiger partial charge in [-0.1, -0.05) is 0 Å². The number of rotatable bonds is 8. The van der Waals surface area contributed by atoms with E-state index >= 15 is 0 Å². The molecule has 1 aliphatic rings. The average molecular weight is 253 g/mol. The van der Waals surface area contributed by atoms with Crippen LogP contribution in [0, 0.1) is 5.82 Å². The first-order chi connectivity index (χ1) is 8.79. The van der Waals surface area contributed by atoms with Crippen molar-refractivity contribution < 1.29 is 13.9 Å². The molecule has 4 heteroatoms. The summed E-state index contributed by atoms with van der Waals surface area (Å²) in [5, 5.41) is 3.36. The third-order valence-electron chi connectivity index (χ3n) is 2.87. The van der Waals surface area contributed by atoms with E-state index in [4.69, 9.17) is 9.47 Å². The van der Waals surface area contributed by atoms with Gasteiger partial charge in [-0.25, -0.2) is 4.39 Å². The lowest BCUT2D eigenvalue weighted by Gasteiger charge is -2.12. The van der Waals surface area contributed by atoms with E-state index in [1.54, 1.807) is 6.07 Å². The van der Waals surface area contributed by atoms with Gasteiger partial charge in [0.1, 0.15) is 18.2 Å². The molecule has 2 rings (SSSR count). The molecule has 0 radical (unpaired) electrons. The van der Waals surface area contributed by atoms with Crippen molar-refractivity contribution in [1.82, 2.24) is 5.32 Å². The number of halogens is 1. The van der Waals surface area contributed by atoms with Gasteiger partial charge >= 0.3 is 0 Å². The summed E-state index contributed by atoms with van der Waals surface area (Å²) in [5.74, 6) is 0.518. The van der Waals surface area contributed by atoms with Gasteiger partial charge in [0.15, 0.2) is 0 Å². The normalized spacial score (nSPS) is 14.8. The highest BCUT2D eigenvalue weighted by atomic mass is 19.1. The van der Waals surface area contributed by atoms with E-state index in [1.807, 2.05) is 6.92 Å². The Morgan fingerprint density at radius 2 is 2.17 bits per heavy atom. The SMILES string of the molecule is CCOCCOc1ccc(F)cc1CNC1CC1. The molecule has 0 atom stereocenters. The number of hydrogen-bond donors (Lipinski definition) is 1. The van der Waals surface area contributed by atoms with Crippen molar-refractivity contribution in [2.75, 3.05) is 19.8 Å². The van der Waals surface area contributed by atoms with Gasteiger partial charge in [-0.2, -0.15) is 0 Å². The Bertz CT molecular complexity index is 380. The van der Waals surface area contributed by atoms with Crippen molar-refractivity contribution in [3.8, 4) is 5.75 Å². The van der Waals surface area contributed by atoms with Gasteiger partial charge in [0.25, 0.3) is 0 Å². The monoisotopic (exact) mass is 253 g/mol. The Kier molecular flexibility index (Phi) is 4.96. The third kappa shape index (κ3) is 4.27. The first-order valence-electron chi connectivity index (χ1n) is 6.52. The molecule has 1 aliphatic carbocycles. The van der Waals surface area contributed by atoms with Crippen LogP contribution in [-0.2, 0) is 11.3 Å². The zero-order valence-corrected chi connectivity index (χ0v) is 10.7. The van der Waals surface area contributed by atoms with Crippen molar-refractivity contribution in [3.05, 3.63) is 29.6 Å². The number of benzene rings is 1. The van der Waals surface area contributed by atoms with E-state index in [9.17, 15) is 4.39 Å². The van der Waals surface area contributed by atoms with Crippen LogP contribution in [-0.4, -0.2) is 25.9 Å². The largest absolute Gasteiger partial charge is 0.491 e. The van der Waals surface area contributed by atoms with Crippen LogP contribution in [0.15, 0.2) is 18.2 Å². The smallest absolute Gasteiger partial charge is 0.124 e. The van der Waals surface area contributed by atoms with Crippen LogP contribution in [0.2, 0.25) is 0 Å². The second-order valence-electron chi connectivity index (χ2n) is 4.45. The molecule has 1 aromatic carbocycles. The summed E-state index contributed by atoms with van der Waals surface area (Å²) in [4.78, 5) is 0. The van der Waals surface area contributed by atoms with Crippen LogP contribution in [0.5, 0.6) is 5.75 Å². The molecule has 1 aromatic rings. The lowest BCUT2D eigenvalue weighted by molar-refractivity contribution is 0.109. The van der Waals surface area contributed by atoms with Crippen molar-refractivity contribution >= 4 is 0 Å². The second kappa shape index (κ2) is 6.71. The molecule has 1 fully saturated rings. The van der Waals surface area contributed by atoms with Gasteiger partial charge in [-0.3, -0.25) is 0 Å². The summed E-state index contributed by atoms with van der Waals surface area (Å²) < 4.78 is 24.0. The number of hydrogen-bond acceptors (Lipinski definition) is 3. The van der Waals surface area contributed by atoms with Crippen LogP contribution in [0.4, 0.5) is 4.39 Å². The standard InChI is InChI=1S/C14H20FNO2/c1-2-17-7-8-18-14-6-3-12(15)9-11(14)10-16-13-4-5-13/h3,6,9,13,16H,2,4-5,7-8,10H2,1H3. The van der Waals surface area contributed by atoms with Gasteiger partial charge in [-0.05, 0) is 38.0 Å². The summed E-state index contributed by atoms with van der Waals surface area (Å²) in [6.07, 6.45) is 2.44.